The van der Waals surface area contributed by atoms with Crippen LogP contribution in [0.2, 0.25) is 0 Å². The van der Waals surface area contributed by atoms with Crippen molar-refractivity contribution in [2.45, 2.75) is 77.8 Å². The maximum Gasteiger partial charge on any atom is 0.200 e. The first-order chi connectivity index (χ1) is 43.7. The Balaban J connectivity index is 0.000000261. The highest BCUT2D eigenvalue weighted by atomic mass is 16.5. The lowest BCUT2D eigenvalue weighted by Crippen LogP contribution is -2.25. The molecule has 0 unspecified atom stereocenters. The van der Waals surface area contributed by atoms with Crippen LogP contribution in [-0.2, 0) is 71.1 Å². The molecule has 0 aliphatic heterocycles. The van der Waals surface area contributed by atoms with E-state index in [1.807, 2.05) is 0 Å². The molecule has 8 rings (SSSR count). The fourth-order valence-corrected chi connectivity index (χ4v) is 10.9. The fourth-order valence-electron chi connectivity index (χ4n) is 10.9. The van der Waals surface area contributed by atoms with Crippen LogP contribution in [0.15, 0.2) is 121 Å². The molecule has 0 heterocycles. The summed E-state index contributed by atoms with van der Waals surface area (Å²) in [7, 11) is 0. The molecule has 0 amide bonds. The van der Waals surface area contributed by atoms with Gasteiger partial charge in [-0.1, -0.05) is 0 Å². The van der Waals surface area contributed by atoms with Gasteiger partial charge < -0.3 is 121 Å². The van der Waals surface area contributed by atoms with Gasteiger partial charge in [0.15, 0.2) is 69.0 Å². The van der Waals surface area contributed by atoms with Crippen molar-refractivity contribution >= 4 is 0 Å². The summed E-state index contributed by atoms with van der Waals surface area (Å²) in [6, 6.07) is 27.3. The van der Waals surface area contributed by atoms with Gasteiger partial charge in [-0.2, -0.15) is 0 Å². The molecule has 20 N–H and O–H groups in total. The predicted molar refractivity (Wildman–Crippen MR) is 331 cm³/mol. The van der Waals surface area contributed by atoms with E-state index in [0.29, 0.717) is 96.2 Å². The van der Waals surface area contributed by atoms with Crippen molar-refractivity contribution in [1.29, 1.82) is 0 Å². The Kier molecular flexibility index (Phi) is 24.3. The zero-order valence-corrected chi connectivity index (χ0v) is 49.7. The molecule has 0 aromatic heterocycles. The van der Waals surface area contributed by atoms with Crippen LogP contribution in [0.5, 0.6) is 115 Å². The van der Waals surface area contributed by atoms with Crippen molar-refractivity contribution in [3.63, 3.8) is 0 Å². The summed E-state index contributed by atoms with van der Waals surface area (Å²) in [6.07, 6.45) is 3.27. The minimum absolute atomic E-state index is 0.0396. The third-order valence-corrected chi connectivity index (χ3v) is 15.2. The highest BCUT2D eigenvalue weighted by Gasteiger charge is 2.28. The summed E-state index contributed by atoms with van der Waals surface area (Å²) in [4.78, 5) is 0. The normalized spacial score (nSPS) is 12.6. The first-order valence-electron chi connectivity index (χ1n) is 29.1. The second-order valence-corrected chi connectivity index (χ2v) is 22.6. The minimum Gasteiger partial charge on any atom is -0.508 e. The number of rotatable bonds is 30. The van der Waals surface area contributed by atoms with E-state index in [4.69, 9.17) is 18.9 Å². The van der Waals surface area contributed by atoms with Gasteiger partial charge in [-0.05, 0) is 217 Å². The molecular weight excluding hydrogens is 1200 g/mol. The number of benzene rings is 8. The molecule has 0 bridgehead atoms. The Morgan fingerprint density at radius 3 is 0.630 bits per heavy atom. The Morgan fingerprint density at radius 2 is 0.413 bits per heavy atom. The summed E-state index contributed by atoms with van der Waals surface area (Å²) < 4.78 is 23.6. The van der Waals surface area contributed by atoms with Crippen LogP contribution < -0.4 is 0 Å². The number of phenols is 20. The zero-order chi connectivity index (χ0) is 66.8. The van der Waals surface area contributed by atoms with Crippen LogP contribution in [0.1, 0.15) is 70.2 Å². The highest BCUT2D eigenvalue weighted by molar-refractivity contribution is 5.54. The summed E-state index contributed by atoms with van der Waals surface area (Å²) in [6.45, 7) is 1.22. The monoisotopic (exact) mass is 1280 g/mol. The molecule has 0 saturated carbocycles. The predicted octanol–water partition coefficient (Wildman–Crippen LogP) is 9.95. The second kappa shape index (κ2) is 32.4. The Bertz CT molecular complexity index is 3340. The lowest BCUT2D eigenvalue weighted by molar-refractivity contribution is 0.0578. The smallest absolute Gasteiger partial charge is 0.200 e. The van der Waals surface area contributed by atoms with E-state index in [1.54, 1.807) is 0 Å². The number of aromatic hydroxyl groups is 20. The van der Waals surface area contributed by atoms with E-state index < -0.39 is 69.0 Å². The van der Waals surface area contributed by atoms with Gasteiger partial charge in [-0.15, -0.1) is 0 Å². The van der Waals surface area contributed by atoms with Gasteiger partial charge in [0, 0.05) is 37.5 Å². The number of ether oxygens (including phenoxy) is 4. The van der Waals surface area contributed by atoms with E-state index in [2.05, 4.69) is 0 Å². The lowest BCUT2D eigenvalue weighted by Gasteiger charge is -2.28. The molecule has 0 fully saturated rings. The molecule has 492 valence electrons. The molecule has 4 atom stereocenters. The average molecular weight is 1280 g/mol. The molecule has 24 heteroatoms. The van der Waals surface area contributed by atoms with Crippen molar-refractivity contribution in [2.24, 2.45) is 23.7 Å². The van der Waals surface area contributed by atoms with Crippen molar-refractivity contribution in [2.75, 3.05) is 26.4 Å². The van der Waals surface area contributed by atoms with Gasteiger partial charge in [0.1, 0.15) is 46.0 Å². The van der Waals surface area contributed by atoms with Gasteiger partial charge in [0.25, 0.3) is 0 Å². The number of phenolic OH excluding ortho intramolecular Hbond substituents is 20. The van der Waals surface area contributed by atoms with Crippen LogP contribution in [0.25, 0.3) is 0 Å². The SMILES string of the molecule is Oc1cc(O)cc(COCCC[C@@H](Cc2cc(O)c(O)c(O)c2)[C@@H](COCc2cc(O)cc(O)c2)Cc2cc(O)c(O)c(O)c2)c1.Oc1cc(O)cc(COCCC[C@H](Cc2cc(O)c(O)c(O)c2)[C@H](COCc2cc(O)cc(O)c2)Cc2cc(O)c(O)c(O)c2)c1. The van der Waals surface area contributed by atoms with Gasteiger partial charge in [-0.25, -0.2) is 0 Å². The molecule has 0 spiro atoms. The highest BCUT2D eigenvalue weighted by Crippen LogP contribution is 2.42. The van der Waals surface area contributed by atoms with Gasteiger partial charge in [0.2, 0.25) is 0 Å². The van der Waals surface area contributed by atoms with E-state index in [9.17, 15) is 102 Å². The molecule has 8 aromatic rings. The lowest BCUT2D eigenvalue weighted by atomic mass is 9.80. The number of hydrogen-bond donors (Lipinski definition) is 20. The van der Waals surface area contributed by atoms with E-state index in [0.717, 1.165) is 0 Å². The van der Waals surface area contributed by atoms with Crippen LogP contribution >= 0.6 is 0 Å². The second-order valence-electron chi connectivity index (χ2n) is 22.6. The summed E-state index contributed by atoms with van der Waals surface area (Å²) in [5.41, 5.74) is 4.25. The maximum atomic E-state index is 10.1. The molecule has 0 radical (unpaired) electrons. The first-order valence-corrected chi connectivity index (χ1v) is 29.1. The summed E-state index contributed by atoms with van der Waals surface area (Å²) in [5, 5.41) is 199. The topological polar surface area (TPSA) is 442 Å². The van der Waals surface area contributed by atoms with Crippen molar-refractivity contribution in [3.8, 4) is 115 Å². The molecule has 24 nitrogen and oxygen atoms in total. The first kappa shape index (κ1) is 69.1. The van der Waals surface area contributed by atoms with Crippen molar-refractivity contribution in [1.82, 2.24) is 0 Å². The fraction of sp³-hybridized carbons (Fsp3) is 0.294. The molecule has 8 aromatic carbocycles. The Labute approximate surface area is 527 Å². The molecule has 0 aliphatic rings. The van der Waals surface area contributed by atoms with Crippen molar-refractivity contribution in [3.05, 3.63) is 166 Å². The van der Waals surface area contributed by atoms with E-state index >= 15 is 0 Å². The summed E-state index contributed by atoms with van der Waals surface area (Å²) >= 11 is 0. The molecule has 0 aliphatic carbocycles. The number of hydrogen-bond acceptors (Lipinski definition) is 24. The summed E-state index contributed by atoms with van der Waals surface area (Å²) in [5.74, 6) is -8.51. The van der Waals surface area contributed by atoms with Gasteiger partial charge >= 0.3 is 0 Å². The molecule has 0 saturated heterocycles. The van der Waals surface area contributed by atoms with Crippen molar-refractivity contribution < 1.29 is 121 Å². The zero-order valence-electron chi connectivity index (χ0n) is 49.7. The average Bonchev–Trinajstić information content (AvgIpc) is 0.897. The standard InChI is InChI=1S/2C34H38O12/c2*35-25-6-21(7-26(36)14-25)16-45-3-1-2-23(4-19-10-29(39)33(43)30(40)11-19)24(5-20-12-31(41)34(44)32(42)13-20)18-46-17-22-8-27(37)15-28(38)9-22/h2*6-15,23-24,35-44H,1-5,16-18H2/t2*23-,24+/m10/s1. The largest absolute Gasteiger partial charge is 0.508 e. The van der Waals surface area contributed by atoms with Crippen LogP contribution in [-0.4, -0.2) is 129 Å². The van der Waals surface area contributed by atoms with Crippen LogP contribution in [0.3, 0.4) is 0 Å². The van der Waals surface area contributed by atoms with E-state index in [-0.39, 0.29) is 122 Å². The quantitative estimate of drug-likeness (QED) is 0.0147. The van der Waals surface area contributed by atoms with Gasteiger partial charge in [-0.3, -0.25) is 0 Å². The maximum absolute atomic E-state index is 10.1. The van der Waals surface area contributed by atoms with E-state index in [1.165, 1.54) is 121 Å². The minimum atomic E-state index is -0.649. The third-order valence-electron chi connectivity index (χ3n) is 15.2. The third kappa shape index (κ3) is 20.8. The van der Waals surface area contributed by atoms with Crippen LogP contribution in [0, 0.1) is 23.7 Å². The Morgan fingerprint density at radius 1 is 0.217 bits per heavy atom. The Hall–Kier alpha value is -10.4. The van der Waals surface area contributed by atoms with Crippen LogP contribution in [0.4, 0.5) is 0 Å². The van der Waals surface area contributed by atoms with Gasteiger partial charge in [0.05, 0.1) is 39.6 Å². The molecular formula is C68H76O24. The molecule has 92 heavy (non-hydrogen) atoms.